The lowest BCUT2D eigenvalue weighted by Crippen LogP contribution is -2.17. The lowest BCUT2D eigenvalue weighted by Gasteiger charge is -2.01. The molecule has 0 spiro atoms. The minimum Gasteiger partial charge on any atom is -0.465 e. The highest BCUT2D eigenvalue weighted by Crippen LogP contribution is 2.30. The Morgan fingerprint density at radius 3 is 2.94 bits per heavy atom. The van der Waals surface area contributed by atoms with Gasteiger partial charge in [-0.1, -0.05) is 0 Å². The van der Waals surface area contributed by atoms with Crippen molar-refractivity contribution in [3.8, 4) is 11.3 Å². The third kappa shape index (κ3) is 2.63. The molecular formula is C13H15NO3S. The summed E-state index contributed by atoms with van der Waals surface area (Å²) in [4.78, 5) is 12.1. The third-order valence-electron chi connectivity index (χ3n) is 2.49. The fourth-order valence-corrected chi connectivity index (χ4v) is 2.52. The van der Waals surface area contributed by atoms with Gasteiger partial charge in [0.2, 0.25) is 0 Å². The van der Waals surface area contributed by atoms with Gasteiger partial charge in [-0.05, 0) is 30.5 Å². The molecule has 5 heteroatoms. The second-order valence-corrected chi connectivity index (χ2v) is 5.02. The fraction of sp³-hybridized carbons (Fsp3) is 0.308. The topological polar surface area (TPSA) is 65.5 Å². The number of furan rings is 1. The molecule has 2 rings (SSSR count). The van der Waals surface area contributed by atoms with E-state index in [9.17, 15) is 4.79 Å². The van der Waals surface area contributed by atoms with Crippen molar-refractivity contribution in [3.05, 3.63) is 34.2 Å². The molecule has 1 atom stereocenters. The van der Waals surface area contributed by atoms with Crippen molar-refractivity contribution in [1.29, 1.82) is 0 Å². The number of nitrogens with two attached hydrogens (primary N) is 1. The first kappa shape index (κ1) is 12.9. The number of hydrogen-bond donors (Lipinski definition) is 1. The van der Waals surface area contributed by atoms with Crippen LogP contribution in [0, 0.1) is 0 Å². The van der Waals surface area contributed by atoms with Crippen molar-refractivity contribution in [1.82, 2.24) is 0 Å². The predicted molar refractivity (Wildman–Crippen MR) is 70.7 cm³/mol. The van der Waals surface area contributed by atoms with Crippen LogP contribution >= 0.6 is 11.3 Å². The van der Waals surface area contributed by atoms with E-state index in [1.165, 1.54) is 18.4 Å². The van der Waals surface area contributed by atoms with E-state index in [2.05, 4.69) is 0 Å². The van der Waals surface area contributed by atoms with Crippen LogP contribution in [0.25, 0.3) is 11.3 Å². The van der Waals surface area contributed by atoms with Crippen molar-refractivity contribution in [2.24, 2.45) is 5.73 Å². The second-order valence-electron chi connectivity index (χ2n) is 4.10. The van der Waals surface area contributed by atoms with Gasteiger partial charge >= 0.3 is 5.97 Å². The van der Waals surface area contributed by atoms with Gasteiger partial charge in [0.1, 0.15) is 16.4 Å². The summed E-state index contributed by atoms with van der Waals surface area (Å²) < 4.78 is 10.4. The van der Waals surface area contributed by atoms with E-state index in [0.717, 1.165) is 11.3 Å². The maximum absolute atomic E-state index is 11.6. The number of methoxy groups -OCH3 is 1. The quantitative estimate of drug-likeness (QED) is 0.863. The number of esters is 1. The first-order chi connectivity index (χ1) is 8.61. The summed E-state index contributed by atoms with van der Waals surface area (Å²) in [6.45, 7) is 1.92. The van der Waals surface area contributed by atoms with Crippen LogP contribution in [0.4, 0.5) is 0 Å². The Morgan fingerprint density at radius 1 is 1.50 bits per heavy atom. The van der Waals surface area contributed by atoms with E-state index >= 15 is 0 Å². The van der Waals surface area contributed by atoms with Gasteiger partial charge in [-0.15, -0.1) is 11.3 Å². The smallest absolute Gasteiger partial charge is 0.348 e. The summed E-state index contributed by atoms with van der Waals surface area (Å²) >= 11 is 1.34. The van der Waals surface area contributed by atoms with E-state index in [-0.39, 0.29) is 12.0 Å². The number of rotatable bonds is 4. The van der Waals surface area contributed by atoms with E-state index < -0.39 is 0 Å². The Balaban J connectivity index is 2.29. The zero-order chi connectivity index (χ0) is 13.1. The number of ether oxygens (including phenoxy) is 1. The average Bonchev–Trinajstić information content (AvgIpc) is 2.94. The average molecular weight is 265 g/mol. The molecule has 0 bridgehead atoms. The van der Waals surface area contributed by atoms with Crippen LogP contribution in [-0.2, 0) is 11.2 Å². The Hall–Kier alpha value is -1.59. The molecular weight excluding hydrogens is 250 g/mol. The van der Waals surface area contributed by atoms with Crippen molar-refractivity contribution in [3.63, 3.8) is 0 Å². The minimum atomic E-state index is -0.342. The number of carbonyl (C=O) groups excluding carboxylic acids is 1. The van der Waals surface area contributed by atoms with Crippen molar-refractivity contribution < 1.29 is 13.9 Å². The largest absolute Gasteiger partial charge is 0.465 e. The highest BCUT2D eigenvalue weighted by Gasteiger charge is 2.17. The molecule has 0 aliphatic rings. The molecule has 2 aromatic rings. The SMILES string of the molecule is COC(=O)c1sccc1-c1ccc(CC(C)N)o1. The number of carbonyl (C=O) groups is 1. The zero-order valence-electron chi connectivity index (χ0n) is 10.3. The molecule has 0 amide bonds. The lowest BCUT2D eigenvalue weighted by atomic mass is 10.2. The van der Waals surface area contributed by atoms with Gasteiger partial charge in [-0.2, -0.15) is 0 Å². The van der Waals surface area contributed by atoms with E-state index in [4.69, 9.17) is 14.9 Å². The van der Waals surface area contributed by atoms with E-state index in [0.29, 0.717) is 17.1 Å². The number of hydrogen-bond acceptors (Lipinski definition) is 5. The maximum Gasteiger partial charge on any atom is 0.348 e. The van der Waals surface area contributed by atoms with Gasteiger partial charge in [0.25, 0.3) is 0 Å². The van der Waals surface area contributed by atoms with Gasteiger partial charge in [-0.25, -0.2) is 4.79 Å². The molecule has 0 aliphatic carbocycles. The predicted octanol–water partition coefficient (Wildman–Crippen LogP) is 2.68. The normalized spacial score (nSPS) is 12.4. The highest BCUT2D eigenvalue weighted by atomic mass is 32.1. The van der Waals surface area contributed by atoms with Gasteiger partial charge in [0, 0.05) is 18.0 Å². The Kier molecular flexibility index (Phi) is 3.84. The third-order valence-corrected chi connectivity index (χ3v) is 3.38. The zero-order valence-corrected chi connectivity index (χ0v) is 11.1. The molecule has 0 saturated heterocycles. The molecule has 0 saturated carbocycles. The van der Waals surface area contributed by atoms with Gasteiger partial charge in [0.15, 0.2) is 0 Å². The number of thiophene rings is 1. The molecule has 0 fully saturated rings. The Morgan fingerprint density at radius 2 is 2.28 bits per heavy atom. The molecule has 0 aromatic carbocycles. The van der Waals surface area contributed by atoms with Crippen LogP contribution in [0.2, 0.25) is 0 Å². The maximum atomic E-state index is 11.6. The van der Waals surface area contributed by atoms with Crippen LogP contribution in [0.1, 0.15) is 22.4 Å². The molecule has 2 N–H and O–H groups in total. The summed E-state index contributed by atoms with van der Waals surface area (Å²) in [7, 11) is 1.37. The van der Waals surface area contributed by atoms with Crippen LogP contribution in [-0.4, -0.2) is 19.1 Å². The molecule has 1 unspecified atom stereocenters. The summed E-state index contributed by atoms with van der Waals surface area (Å²) in [6.07, 6.45) is 0.678. The van der Waals surface area contributed by atoms with Crippen molar-refractivity contribution in [2.75, 3.05) is 7.11 Å². The lowest BCUT2D eigenvalue weighted by molar-refractivity contribution is 0.0607. The fourth-order valence-electron chi connectivity index (χ4n) is 1.70. The summed E-state index contributed by atoms with van der Waals surface area (Å²) in [5, 5.41) is 1.84. The Labute approximate surface area is 109 Å². The van der Waals surface area contributed by atoms with Gasteiger partial charge in [-0.3, -0.25) is 0 Å². The van der Waals surface area contributed by atoms with E-state index in [1.807, 2.05) is 30.5 Å². The Bertz CT molecular complexity index is 542. The molecule has 2 heterocycles. The first-order valence-corrected chi connectivity index (χ1v) is 6.50. The highest BCUT2D eigenvalue weighted by molar-refractivity contribution is 7.12. The van der Waals surface area contributed by atoms with Gasteiger partial charge in [0.05, 0.1) is 7.11 Å². The minimum absolute atomic E-state index is 0.0477. The van der Waals surface area contributed by atoms with E-state index in [1.54, 1.807) is 0 Å². The van der Waals surface area contributed by atoms with Crippen LogP contribution < -0.4 is 5.73 Å². The van der Waals surface area contributed by atoms with Crippen LogP contribution in [0.15, 0.2) is 28.0 Å². The molecule has 18 heavy (non-hydrogen) atoms. The monoisotopic (exact) mass is 265 g/mol. The molecule has 0 aliphatic heterocycles. The van der Waals surface area contributed by atoms with Crippen LogP contribution in [0.3, 0.4) is 0 Å². The standard InChI is InChI=1S/C13H15NO3S/c1-8(14)7-9-3-4-11(17-9)10-5-6-18-12(10)13(15)16-2/h3-6,8H,7,14H2,1-2H3. The summed E-state index contributed by atoms with van der Waals surface area (Å²) in [6, 6.07) is 5.64. The van der Waals surface area contributed by atoms with Crippen molar-refractivity contribution >= 4 is 17.3 Å². The molecule has 96 valence electrons. The molecule has 0 radical (unpaired) electrons. The summed E-state index contributed by atoms with van der Waals surface area (Å²) in [5.74, 6) is 1.15. The summed E-state index contributed by atoms with van der Waals surface area (Å²) in [5.41, 5.74) is 6.49. The van der Waals surface area contributed by atoms with Crippen molar-refractivity contribution in [2.45, 2.75) is 19.4 Å². The molecule has 2 aromatic heterocycles. The van der Waals surface area contributed by atoms with Gasteiger partial charge < -0.3 is 14.9 Å². The molecule has 4 nitrogen and oxygen atoms in total. The van der Waals surface area contributed by atoms with Crippen LogP contribution in [0.5, 0.6) is 0 Å². The second kappa shape index (κ2) is 5.37. The first-order valence-electron chi connectivity index (χ1n) is 5.62.